The van der Waals surface area contributed by atoms with Crippen molar-refractivity contribution in [1.29, 1.82) is 0 Å². The van der Waals surface area contributed by atoms with E-state index in [0.29, 0.717) is 9.92 Å². The van der Waals surface area contributed by atoms with Crippen LogP contribution in [0.1, 0.15) is 31.4 Å². The van der Waals surface area contributed by atoms with Gasteiger partial charge in [-0.15, -0.1) is 0 Å². The Kier molecular flexibility index (Phi) is 7.37. The maximum atomic E-state index is 12.9. The molecule has 0 aromatic heterocycles. The number of nitrogens with zero attached hydrogens (tertiary/aromatic N) is 1. The Bertz CT molecular complexity index is 815. The molecule has 0 radical (unpaired) electrons. The van der Waals surface area contributed by atoms with Gasteiger partial charge in [-0.1, -0.05) is 23.7 Å². The highest BCUT2D eigenvalue weighted by atomic mass is 35.5. The van der Waals surface area contributed by atoms with Crippen molar-refractivity contribution < 1.29 is 17.9 Å². The third-order valence-corrected chi connectivity index (χ3v) is 6.02. The molecule has 3 nitrogen and oxygen atoms in total. The first-order valence-electron chi connectivity index (χ1n) is 9.48. The van der Waals surface area contributed by atoms with Crippen molar-refractivity contribution in [2.24, 2.45) is 0 Å². The monoisotopic (exact) mass is 444 g/mol. The average molecular weight is 445 g/mol. The lowest BCUT2D eigenvalue weighted by Crippen LogP contribution is -2.28. The van der Waals surface area contributed by atoms with Crippen molar-refractivity contribution in [3.63, 3.8) is 0 Å². The van der Waals surface area contributed by atoms with Crippen LogP contribution in [0.15, 0.2) is 47.4 Å². The Labute approximate surface area is 178 Å². The van der Waals surface area contributed by atoms with E-state index in [-0.39, 0.29) is 12.1 Å². The van der Waals surface area contributed by atoms with Gasteiger partial charge in [0.1, 0.15) is 5.75 Å². The molecule has 0 amide bonds. The van der Waals surface area contributed by atoms with Gasteiger partial charge in [0.15, 0.2) is 0 Å². The Morgan fingerprint density at radius 2 is 1.93 bits per heavy atom. The second-order valence-electron chi connectivity index (χ2n) is 7.39. The molecular formula is C21H24ClF3N2OS. The van der Waals surface area contributed by atoms with Crippen molar-refractivity contribution in [1.82, 2.24) is 9.62 Å². The molecule has 0 aliphatic carbocycles. The van der Waals surface area contributed by atoms with Gasteiger partial charge in [0, 0.05) is 30.6 Å². The minimum Gasteiger partial charge on any atom is -0.491 e. The summed E-state index contributed by atoms with van der Waals surface area (Å²) in [5, 5.41) is 0.314. The Morgan fingerprint density at radius 1 is 1.21 bits per heavy atom. The van der Waals surface area contributed by atoms with Crippen LogP contribution in [0, 0.1) is 0 Å². The largest absolute Gasteiger partial charge is 0.491 e. The molecule has 29 heavy (non-hydrogen) atoms. The predicted molar refractivity (Wildman–Crippen MR) is 111 cm³/mol. The summed E-state index contributed by atoms with van der Waals surface area (Å²) < 4.78 is 47.6. The molecule has 0 spiro atoms. The van der Waals surface area contributed by atoms with Crippen molar-refractivity contribution >= 4 is 23.5 Å². The maximum Gasteiger partial charge on any atom is 0.416 e. The lowest BCUT2D eigenvalue weighted by molar-refractivity contribution is -0.137. The molecule has 3 rings (SSSR count). The first-order valence-corrected chi connectivity index (χ1v) is 10.7. The quantitative estimate of drug-likeness (QED) is 0.528. The zero-order chi connectivity index (χ0) is 21.0. The maximum absolute atomic E-state index is 12.9. The molecule has 1 saturated heterocycles. The number of hydrogen-bond acceptors (Lipinski definition) is 4. The topological polar surface area (TPSA) is 24.5 Å². The number of hydrogen-bond donors (Lipinski definition) is 1. The Morgan fingerprint density at radius 3 is 2.59 bits per heavy atom. The highest BCUT2D eigenvalue weighted by molar-refractivity contribution is 7.97. The highest BCUT2D eigenvalue weighted by Crippen LogP contribution is 2.35. The van der Waals surface area contributed by atoms with Gasteiger partial charge < -0.3 is 4.74 Å². The summed E-state index contributed by atoms with van der Waals surface area (Å²) in [6, 6.07) is 11.7. The van der Waals surface area contributed by atoms with E-state index in [1.165, 1.54) is 23.6 Å². The van der Waals surface area contributed by atoms with E-state index in [0.717, 1.165) is 43.9 Å². The molecule has 0 bridgehead atoms. The minimum atomic E-state index is -4.38. The predicted octanol–water partition coefficient (Wildman–Crippen LogP) is 6.02. The van der Waals surface area contributed by atoms with Crippen LogP contribution in [0.3, 0.4) is 0 Å². The van der Waals surface area contributed by atoms with Crippen molar-refractivity contribution in [2.45, 2.75) is 50.0 Å². The molecule has 2 aromatic carbocycles. The highest BCUT2D eigenvalue weighted by Gasteiger charge is 2.31. The Balaban J connectivity index is 1.50. The fourth-order valence-corrected chi connectivity index (χ4v) is 4.25. The summed E-state index contributed by atoms with van der Waals surface area (Å²) in [6.07, 6.45) is -3.30. The molecular weight excluding hydrogens is 421 g/mol. The molecule has 158 valence electrons. The van der Waals surface area contributed by atoms with E-state index >= 15 is 0 Å². The SMILES string of the molecule is CC(C)Oc1ccc(CN2CCC(NSc3cc(C(F)(F)F)ccc3Cl)C2)cc1. The summed E-state index contributed by atoms with van der Waals surface area (Å²) in [5.41, 5.74) is 0.513. The van der Waals surface area contributed by atoms with Crippen LogP contribution < -0.4 is 9.46 Å². The van der Waals surface area contributed by atoms with Crippen molar-refractivity contribution in [3.05, 3.63) is 58.6 Å². The molecule has 1 N–H and O–H groups in total. The summed E-state index contributed by atoms with van der Waals surface area (Å²) in [4.78, 5) is 2.71. The Hall–Kier alpha value is -1.41. The number of ether oxygens (including phenoxy) is 1. The number of halogens is 4. The minimum absolute atomic E-state index is 0.147. The van der Waals surface area contributed by atoms with Crippen molar-refractivity contribution in [3.8, 4) is 5.75 Å². The molecule has 0 saturated carbocycles. The lowest BCUT2D eigenvalue weighted by Gasteiger charge is -2.17. The molecule has 2 aromatic rings. The normalized spacial score (nSPS) is 17.8. The molecule has 1 atom stereocenters. The van der Waals surface area contributed by atoms with E-state index in [9.17, 15) is 13.2 Å². The van der Waals surface area contributed by atoms with Gasteiger partial charge in [-0.2, -0.15) is 13.2 Å². The zero-order valence-electron chi connectivity index (χ0n) is 16.3. The number of alkyl halides is 3. The van der Waals surface area contributed by atoms with Gasteiger partial charge in [-0.25, -0.2) is 0 Å². The van der Waals surface area contributed by atoms with Crippen LogP contribution in [0.2, 0.25) is 5.02 Å². The average Bonchev–Trinajstić information content (AvgIpc) is 3.08. The van der Waals surface area contributed by atoms with Crippen LogP contribution in [0.25, 0.3) is 0 Å². The van der Waals surface area contributed by atoms with Gasteiger partial charge in [-0.05, 0) is 68.1 Å². The summed E-state index contributed by atoms with van der Waals surface area (Å²) in [5.74, 6) is 0.860. The molecule has 8 heteroatoms. The second-order valence-corrected chi connectivity index (χ2v) is 8.68. The van der Waals surface area contributed by atoms with Gasteiger partial charge in [0.05, 0.1) is 16.7 Å². The number of rotatable bonds is 7. The second kappa shape index (κ2) is 9.60. The fraction of sp³-hybridized carbons (Fsp3) is 0.429. The van der Waals surface area contributed by atoms with Gasteiger partial charge in [0.25, 0.3) is 0 Å². The molecule has 1 unspecified atom stereocenters. The zero-order valence-corrected chi connectivity index (χ0v) is 17.9. The molecule has 1 heterocycles. The number of benzene rings is 2. The van der Waals surface area contributed by atoms with Crippen LogP contribution in [-0.4, -0.2) is 30.1 Å². The fourth-order valence-electron chi connectivity index (χ4n) is 3.18. The first kappa shape index (κ1) is 22.3. The summed E-state index contributed by atoms with van der Waals surface area (Å²) in [6.45, 7) is 6.58. The third-order valence-electron chi connectivity index (χ3n) is 4.57. The third kappa shape index (κ3) is 6.54. The van der Waals surface area contributed by atoms with E-state index in [2.05, 4.69) is 21.8 Å². The van der Waals surface area contributed by atoms with Gasteiger partial charge in [-0.3, -0.25) is 9.62 Å². The smallest absolute Gasteiger partial charge is 0.416 e. The van der Waals surface area contributed by atoms with Crippen LogP contribution in [0.4, 0.5) is 13.2 Å². The van der Waals surface area contributed by atoms with Crippen LogP contribution >= 0.6 is 23.5 Å². The van der Waals surface area contributed by atoms with E-state index in [4.69, 9.17) is 16.3 Å². The lowest BCUT2D eigenvalue weighted by atomic mass is 10.2. The molecule has 1 fully saturated rings. The van der Waals surface area contributed by atoms with Crippen LogP contribution in [-0.2, 0) is 12.7 Å². The molecule has 1 aliphatic heterocycles. The molecule has 1 aliphatic rings. The summed E-state index contributed by atoms with van der Waals surface area (Å²) in [7, 11) is 0. The van der Waals surface area contributed by atoms with E-state index in [1.807, 2.05) is 26.0 Å². The number of likely N-dealkylation sites (tertiary alicyclic amines) is 1. The standard InChI is InChI=1S/C21H24ClF3N2OS/c1-14(2)28-18-6-3-15(4-7-18)12-27-10-9-17(13-27)26-29-20-11-16(21(23,24)25)5-8-19(20)22/h3-8,11,14,17,26H,9-10,12-13H2,1-2H3. The van der Waals surface area contributed by atoms with Crippen LogP contribution in [0.5, 0.6) is 5.75 Å². The van der Waals surface area contributed by atoms with Crippen molar-refractivity contribution in [2.75, 3.05) is 13.1 Å². The van der Waals surface area contributed by atoms with Gasteiger partial charge >= 0.3 is 6.18 Å². The van der Waals surface area contributed by atoms with E-state index < -0.39 is 11.7 Å². The first-order chi connectivity index (χ1) is 13.7. The van der Waals surface area contributed by atoms with Gasteiger partial charge in [0.2, 0.25) is 0 Å². The number of nitrogens with one attached hydrogen (secondary N) is 1. The van der Waals surface area contributed by atoms with E-state index in [1.54, 1.807) is 0 Å². The summed E-state index contributed by atoms with van der Waals surface area (Å²) >= 11 is 7.23.